The minimum Gasteiger partial charge on any atom is -0.451 e. The number of rotatable bonds is 4. The molecular formula is C27H24F3N3O6. The molecule has 3 heterocycles. The van der Waals surface area contributed by atoms with Crippen molar-refractivity contribution in [2.45, 2.75) is 31.5 Å². The summed E-state index contributed by atoms with van der Waals surface area (Å²) in [6.45, 7) is -0.719. The third kappa shape index (κ3) is 4.55. The molecule has 204 valence electrons. The molecule has 0 aliphatic carbocycles. The maximum absolute atomic E-state index is 15.4. The van der Waals surface area contributed by atoms with Crippen LogP contribution < -0.4 is 15.2 Å². The van der Waals surface area contributed by atoms with Crippen molar-refractivity contribution in [3.63, 3.8) is 0 Å². The summed E-state index contributed by atoms with van der Waals surface area (Å²) in [7, 11) is 2.62. The number of halogens is 3. The summed E-state index contributed by atoms with van der Waals surface area (Å²) < 4.78 is 60.3. The lowest BCUT2D eigenvalue weighted by atomic mass is 9.88. The van der Waals surface area contributed by atoms with E-state index in [4.69, 9.17) is 9.47 Å². The third-order valence-corrected chi connectivity index (χ3v) is 6.96. The lowest BCUT2D eigenvalue weighted by molar-refractivity contribution is 0.0131. The molecule has 0 N–H and O–H groups in total. The van der Waals surface area contributed by atoms with Crippen LogP contribution in [0.2, 0.25) is 0 Å². The Morgan fingerprint density at radius 3 is 2.51 bits per heavy atom. The SMILES string of the molecule is COC(=O)OCOc1c2n(ccc1=O)N1C(CCCc3cc(F)c(F)cc3[C@@H]1c1ccccc1F)N(C)C2=O. The summed E-state index contributed by atoms with van der Waals surface area (Å²) >= 11 is 0. The van der Waals surface area contributed by atoms with Gasteiger partial charge in [-0.25, -0.2) is 18.0 Å². The maximum atomic E-state index is 15.4. The lowest BCUT2D eigenvalue weighted by Gasteiger charge is -2.50. The number of carbonyl (C=O) groups is 2. The van der Waals surface area contributed by atoms with Gasteiger partial charge in [0, 0.05) is 24.9 Å². The van der Waals surface area contributed by atoms with Gasteiger partial charge in [0.25, 0.3) is 5.91 Å². The van der Waals surface area contributed by atoms with E-state index >= 15 is 4.39 Å². The third-order valence-electron chi connectivity index (χ3n) is 6.96. The fourth-order valence-electron chi connectivity index (χ4n) is 5.18. The molecule has 12 heteroatoms. The number of pyridine rings is 1. The van der Waals surface area contributed by atoms with Crippen molar-refractivity contribution in [2.24, 2.45) is 0 Å². The molecule has 2 atom stereocenters. The lowest BCUT2D eigenvalue weighted by Crippen LogP contribution is -2.61. The topological polar surface area (TPSA) is 90.3 Å². The van der Waals surface area contributed by atoms with Crippen molar-refractivity contribution in [2.75, 3.05) is 26.0 Å². The molecule has 0 spiro atoms. The highest BCUT2D eigenvalue weighted by Gasteiger charge is 2.44. The average molecular weight is 543 g/mol. The molecular weight excluding hydrogens is 519 g/mol. The molecule has 0 saturated carbocycles. The number of nitrogens with zero attached hydrogens (tertiary/aromatic N) is 3. The van der Waals surface area contributed by atoms with Gasteiger partial charge in [0.15, 0.2) is 17.3 Å². The van der Waals surface area contributed by atoms with Gasteiger partial charge in [-0.2, -0.15) is 0 Å². The zero-order chi connectivity index (χ0) is 27.8. The van der Waals surface area contributed by atoms with Gasteiger partial charge in [-0.15, -0.1) is 0 Å². The number of aromatic nitrogens is 1. The molecule has 2 aliphatic rings. The van der Waals surface area contributed by atoms with Crippen molar-refractivity contribution in [3.8, 4) is 5.75 Å². The Hall–Kier alpha value is -4.48. The molecule has 0 saturated heterocycles. The number of fused-ring (bicyclic) bond motifs is 4. The smallest absolute Gasteiger partial charge is 0.451 e. The summed E-state index contributed by atoms with van der Waals surface area (Å²) in [4.78, 5) is 39.2. The zero-order valence-corrected chi connectivity index (χ0v) is 21.0. The van der Waals surface area contributed by atoms with Crippen LogP contribution in [0.3, 0.4) is 0 Å². The average Bonchev–Trinajstić information content (AvgIpc) is 2.91. The summed E-state index contributed by atoms with van der Waals surface area (Å²) in [5.74, 6) is -3.69. The summed E-state index contributed by atoms with van der Waals surface area (Å²) in [5, 5.41) is 1.65. The van der Waals surface area contributed by atoms with Crippen LogP contribution in [0.25, 0.3) is 0 Å². The van der Waals surface area contributed by atoms with E-state index in [2.05, 4.69) is 4.74 Å². The Morgan fingerprint density at radius 1 is 1.03 bits per heavy atom. The molecule has 1 amide bonds. The number of amides is 1. The minimum absolute atomic E-state index is 0.153. The Balaban J connectivity index is 1.75. The van der Waals surface area contributed by atoms with E-state index in [1.807, 2.05) is 0 Å². The first-order valence-electron chi connectivity index (χ1n) is 12.1. The summed E-state index contributed by atoms with van der Waals surface area (Å²) in [6.07, 6.45) is 0.916. The van der Waals surface area contributed by atoms with Gasteiger partial charge < -0.3 is 19.1 Å². The van der Waals surface area contributed by atoms with Crippen LogP contribution in [0.1, 0.15) is 46.1 Å². The van der Waals surface area contributed by atoms with Crippen molar-refractivity contribution in [1.29, 1.82) is 0 Å². The second-order valence-corrected chi connectivity index (χ2v) is 9.12. The van der Waals surface area contributed by atoms with Gasteiger partial charge >= 0.3 is 6.16 Å². The molecule has 2 aliphatic heterocycles. The molecule has 2 aromatic carbocycles. The first-order chi connectivity index (χ1) is 18.7. The maximum Gasteiger partial charge on any atom is 0.510 e. The van der Waals surface area contributed by atoms with Gasteiger partial charge in [0.2, 0.25) is 18.0 Å². The summed E-state index contributed by atoms with van der Waals surface area (Å²) in [6, 6.07) is 8.20. The van der Waals surface area contributed by atoms with Crippen LogP contribution >= 0.6 is 0 Å². The standard InChI is InChI=1S/C27H24F3N3O6/c1-31-22-9-5-6-15-12-19(29)20(30)13-17(15)23(16-7-3-4-8-18(16)28)33(22)32-11-10-21(34)25(24(32)26(31)35)38-14-39-27(36)37-2/h3-4,7-8,10-13,22-23H,5-6,9,14H2,1-2H3/t22?,23-/m0/s1. The second-order valence-electron chi connectivity index (χ2n) is 9.12. The first kappa shape index (κ1) is 26.1. The normalized spacial score (nSPS) is 18.3. The minimum atomic E-state index is -1.10. The quantitative estimate of drug-likeness (QED) is 0.365. The largest absolute Gasteiger partial charge is 0.510 e. The van der Waals surface area contributed by atoms with Gasteiger partial charge in [0.05, 0.1) is 7.11 Å². The highest BCUT2D eigenvalue weighted by molar-refractivity contribution is 5.96. The highest BCUT2D eigenvalue weighted by atomic mass is 19.2. The van der Waals surface area contributed by atoms with Crippen molar-refractivity contribution in [3.05, 3.63) is 98.7 Å². The molecule has 0 fully saturated rings. The van der Waals surface area contributed by atoms with E-state index in [1.165, 1.54) is 41.0 Å². The molecule has 1 unspecified atom stereocenters. The number of ether oxygens (including phenoxy) is 3. The number of hydrogen-bond acceptors (Lipinski definition) is 7. The van der Waals surface area contributed by atoms with E-state index in [0.29, 0.717) is 30.4 Å². The molecule has 3 aromatic rings. The number of carbonyl (C=O) groups excluding carboxylic acids is 2. The van der Waals surface area contributed by atoms with Crippen LogP contribution in [-0.2, 0) is 15.9 Å². The fraction of sp³-hybridized carbons (Fsp3) is 0.296. The highest BCUT2D eigenvalue weighted by Crippen LogP contribution is 2.40. The van der Waals surface area contributed by atoms with Crippen molar-refractivity contribution >= 4 is 12.1 Å². The Labute approximate surface area is 220 Å². The Bertz CT molecular complexity index is 1510. The predicted octanol–water partition coefficient (Wildman–Crippen LogP) is 3.86. The number of aryl methyl sites for hydroxylation is 1. The molecule has 9 nitrogen and oxygen atoms in total. The van der Waals surface area contributed by atoms with Crippen LogP contribution in [0, 0.1) is 17.5 Å². The fourth-order valence-corrected chi connectivity index (χ4v) is 5.18. The number of methoxy groups -OCH3 is 1. The first-order valence-corrected chi connectivity index (χ1v) is 12.1. The molecule has 0 bridgehead atoms. The van der Waals surface area contributed by atoms with Crippen LogP contribution in [0.5, 0.6) is 5.75 Å². The molecule has 0 radical (unpaired) electrons. The van der Waals surface area contributed by atoms with Crippen molar-refractivity contribution in [1.82, 2.24) is 9.58 Å². The molecule has 1 aromatic heterocycles. The van der Waals surface area contributed by atoms with E-state index in [1.54, 1.807) is 11.1 Å². The van der Waals surface area contributed by atoms with Crippen LogP contribution in [0.15, 0.2) is 53.5 Å². The van der Waals surface area contributed by atoms with E-state index < -0.39 is 59.7 Å². The van der Waals surface area contributed by atoms with E-state index in [0.717, 1.165) is 25.3 Å². The Kier molecular flexibility index (Phi) is 6.94. The van der Waals surface area contributed by atoms with Crippen LogP contribution in [0.4, 0.5) is 18.0 Å². The number of hydrogen-bond donors (Lipinski definition) is 0. The predicted molar refractivity (Wildman–Crippen MR) is 131 cm³/mol. The van der Waals surface area contributed by atoms with E-state index in [9.17, 15) is 23.2 Å². The van der Waals surface area contributed by atoms with Gasteiger partial charge in [-0.3, -0.25) is 19.3 Å². The zero-order valence-electron chi connectivity index (χ0n) is 21.0. The van der Waals surface area contributed by atoms with Gasteiger partial charge in [0.1, 0.15) is 18.0 Å². The van der Waals surface area contributed by atoms with Crippen LogP contribution in [-0.4, -0.2) is 48.8 Å². The molecule has 5 rings (SSSR count). The van der Waals surface area contributed by atoms with Crippen molar-refractivity contribution < 1.29 is 37.0 Å². The Morgan fingerprint density at radius 2 is 1.77 bits per heavy atom. The molecule has 39 heavy (non-hydrogen) atoms. The monoisotopic (exact) mass is 543 g/mol. The van der Waals surface area contributed by atoms with E-state index in [-0.39, 0.29) is 11.3 Å². The second kappa shape index (κ2) is 10.4. The van der Waals surface area contributed by atoms with Gasteiger partial charge in [-0.1, -0.05) is 18.2 Å². The number of benzene rings is 2. The summed E-state index contributed by atoms with van der Waals surface area (Å²) in [5.41, 5.74) is 0.0810. The van der Waals surface area contributed by atoms with Gasteiger partial charge in [-0.05, 0) is 48.6 Å².